The lowest BCUT2D eigenvalue weighted by Crippen LogP contribution is -2.22. The highest BCUT2D eigenvalue weighted by Crippen LogP contribution is 2.21. The quantitative estimate of drug-likeness (QED) is 0.660. The molecule has 0 saturated carbocycles. The summed E-state index contributed by atoms with van der Waals surface area (Å²) in [5.41, 5.74) is 0. The Kier molecular flexibility index (Phi) is 3.86. The Morgan fingerprint density at radius 3 is 2.27 bits per heavy atom. The van der Waals surface area contributed by atoms with Crippen molar-refractivity contribution in [2.75, 3.05) is 25.0 Å². The highest BCUT2D eigenvalue weighted by Gasteiger charge is 2.24. The monoisotopic (exact) mass is 219 g/mol. The van der Waals surface area contributed by atoms with Crippen LogP contribution in [0, 0.1) is 11.8 Å². The zero-order valence-electron chi connectivity index (χ0n) is 7.52. The summed E-state index contributed by atoms with van der Waals surface area (Å²) < 4.78 is 0. The van der Waals surface area contributed by atoms with Crippen LogP contribution >= 0.6 is 15.9 Å². The summed E-state index contributed by atoms with van der Waals surface area (Å²) in [6.07, 6.45) is 1.29. The van der Waals surface area contributed by atoms with Crippen LogP contribution in [0.2, 0.25) is 0 Å². The fourth-order valence-electron chi connectivity index (χ4n) is 1.71. The van der Waals surface area contributed by atoms with Crippen LogP contribution in [-0.2, 0) is 0 Å². The molecule has 1 rings (SSSR count). The van der Waals surface area contributed by atoms with Crippen molar-refractivity contribution in [3.8, 4) is 0 Å². The van der Waals surface area contributed by atoms with E-state index in [2.05, 4.69) is 34.7 Å². The number of rotatable bonds is 3. The number of likely N-dealkylation sites (tertiary alicyclic amines) is 1. The van der Waals surface area contributed by atoms with Crippen molar-refractivity contribution < 1.29 is 0 Å². The third-order valence-electron chi connectivity index (χ3n) is 2.67. The molecule has 66 valence electrons. The van der Waals surface area contributed by atoms with Crippen molar-refractivity contribution in [3.05, 3.63) is 0 Å². The van der Waals surface area contributed by atoms with E-state index in [9.17, 15) is 0 Å². The smallest absolute Gasteiger partial charge is 0.00434 e. The first-order valence-electron chi connectivity index (χ1n) is 4.52. The molecule has 0 radical (unpaired) electrons. The molecule has 0 aromatic carbocycles. The maximum absolute atomic E-state index is 3.46. The first-order valence-corrected chi connectivity index (χ1v) is 5.64. The normalized spacial score (nSPS) is 33.0. The van der Waals surface area contributed by atoms with Crippen LogP contribution in [0.25, 0.3) is 0 Å². The largest absolute Gasteiger partial charge is 0.303 e. The predicted molar refractivity (Wildman–Crippen MR) is 53.2 cm³/mol. The second kappa shape index (κ2) is 4.46. The molecular formula is C9H18BrN. The Hall–Kier alpha value is 0.440. The fraction of sp³-hybridized carbons (Fsp3) is 1.00. The molecule has 2 heteroatoms. The van der Waals surface area contributed by atoms with Crippen LogP contribution in [0.4, 0.5) is 0 Å². The van der Waals surface area contributed by atoms with Crippen LogP contribution in [-0.4, -0.2) is 29.9 Å². The lowest BCUT2D eigenvalue weighted by atomic mass is 10.0. The van der Waals surface area contributed by atoms with Crippen LogP contribution in [0.3, 0.4) is 0 Å². The summed E-state index contributed by atoms with van der Waals surface area (Å²) in [6.45, 7) is 8.62. The Morgan fingerprint density at radius 2 is 1.82 bits per heavy atom. The van der Waals surface area contributed by atoms with Crippen molar-refractivity contribution in [2.24, 2.45) is 11.8 Å². The van der Waals surface area contributed by atoms with E-state index in [1.54, 1.807) is 0 Å². The van der Waals surface area contributed by atoms with Gasteiger partial charge in [0.25, 0.3) is 0 Å². The molecule has 2 unspecified atom stereocenters. The van der Waals surface area contributed by atoms with E-state index in [0.717, 1.165) is 17.2 Å². The van der Waals surface area contributed by atoms with Gasteiger partial charge in [-0.15, -0.1) is 0 Å². The summed E-state index contributed by atoms with van der Waals surface area (Å²) in [5.74, 6) is 1.82. The summed E-state index contributed by atoms with van der Waals surface area (Å²) >= 11 is 3.46. The van der Waals surface area contributed by atoms with Crippen molar-refractivity contribution >= 4 is 15.9 Å². The van der Waals surface area contributed by atoms with Gasteiger partial charge in [-0.3, -0.25) is 0 Å². The lowest BCUT2D eigenvalue weighted by Gasteiger charge is -2.13. The van der Waals surface area contributed by atoms with E-state index < -0.39 is 0 Å². The topological polar surface area (TPSA) is 3.24 Å². The Bertz CT molecular complexity index is 106. The van der Waals surface area contributed by atoms with Crippen molar-refractivity contribution in [1.29, 1.82) is 0 Å². The molecule has 0 aromatic rings. The average molecular weight is 220 g/mol. The molecule has 1 aliphatic heterocycles. The van der Waals surface area contributed by atoms with E-state index in [1.165, 1.54) is 26.1 Å². The molecule has 0 N–H and O–H groups in total. The van der Waals surface area contributed by atoms with Gasteiger partial charge in [-0.25, -0.2) is 0 Å². The first-order chi connectivity index (χ1) is 5.24. The SMILES string of the molecule is CC1CN(CCCBr)CC1C. The zero-order chi connectivity index (χ0) is 8.27. The summed E-state index contributed by atoms with van der Waals surface area (Å²) in [4.78, 5) is 2.58. The van der Waals surface area contributed by atoms with E-state index >= 15 is 0 Å². The minimum absolute atomic E-state index is 0.908. The van der Waals surface area contributed by atoms with Crippen LogP contribution in [0.15, 0.2) is 0 Å². The Labute approximate surface area is 78.3 Å². The Balaban J connectivity index is 2.18. The molecule has 1 nitrogen and oxygen atoms in total. The van der Waals surface area contributed by atoms with Gasteiger partial charge in [0.1, 0.15) is 0 Å². The van der Waals surface area contributed by atoms with E-state index in [4.69, 9.17) is 0 Å². The van der Waals surface area contributed by atoms with Gasteiger partial charge in [0.15, 0.2) is 0 Å². The van der Waals surface area contributed by atoms with Gasteiger partial charge >= 0.3 is 0 Å². The minimum Gasteiger partial charge on any atom is -0.303 e. The molecule has 1 fully saturated rings. The fourth-order valence-corrected chi connectivity index (χ4v) is 1.97. The number of alkyl halides is 1. The summed E-state index contributed by atoms with van der Waals surface area (Å²) in [7, 11) is 0. The molecule has 0 amide bonds. The molecule has 11 heavy (non-hydrogen) atoms. The highest BCUT2D eigenvalue weighted by atomic mass is 79.9. The van der Waals surface area contributed by atoms with E-state index in [1.807, 2.05) is 0 Å². The first kappa shape index (κ1) is 9.53. The second-order valence-corrected chi connectivity index (χ2v) is 4.55. The molecule has 0 bridgehead atoms. The van der Waals surface area contributed by atoms with Crippen LogP contribution in [0.5, 0.6) is 0 Å². The van der Waals surface area contributed by atoms with Crippen LogP contribution in [0.1, 0.15) is 20.3 Å². The summed E-state index contributed by atoms with van der Waals surface area (Å²) in [5, 5.41) is 1.15. The number of hydrogen-bond acceptors (Lipinski definition) is 1. The number of nitrogens with zero attached hydrogens (tertiary/aromatic N) is 1. The number of hydrogen-bond donors (Lipinski definition) is 0. The predicted octanol–water partition coefficient (Wildman–Crippen LogP) is 2.36. The molecule has 2 atom stereocenters. The highest BCUT2D eigenvalue weighted by molar-refractivity contribution is 9.09. The van der Waals surface area contributed by atoms with Crippen molar-refractivity contribution in [2.45, 2.75) is 20.3 Å². The third kappa shape index (κ3) is 2.75. The maximum Gasteiger partial charge on any atom is 0.00434 e. The second-order valence-electron chi connectivity index (χ2n) is 3.76. The van der Waals surface area contributed by atoms with Gasteiger partial charge < -0.3 is 4.90 Å². The summed E-state index contributed by atoms with van der Waals surface area (Å²) in [6, 6.07) is 0. The van der Waals surface area contributed by atoms with E-state index in [-0.39, 0.29) is 0 Å². The van der Waals surface area contributed by atoms with Gasteiger partial charge in [0, 0.05) is 18.4 Å². The lowest BCUT2D eigenvalue weighted by molar-refractivity contribution is 0.326. The van der Waals surface area contributed by atoms with E-state index in [0.29, 0.717) is 0 Å². The molecule has 0 aliphatic carbocycles. The van der Waals surface area contributed by atoms with Gasteiger partial charge in [0.2, 0.25) is 0 Å². The van der Waals surface area contributed by atoms with Gasteiger partial charge in [0.05, 0.1) is 0 Å². The van der Waals surface area contributed by atoms with Gasteiger partial charge in [-0.1, -0.05) is 29.8 Å². The molecule has 1 saturated heterocycles. The molecule has 1 heterocycles. The minimum atomic E-state index is 0.908. The maximum atomic E-state index is 3.46. The van der Waals surface area contributed by atoms with Crippen molar-refractivity contribution in [1.82, 2.24) is 4.90 Å². The van der Waals surface area contributed by atoms with Crippen molar-refractivity contribution in [3.63, 3.8) is 0 Å². The average Bonchev–Trinajstić information content (AvgIpc) is 2.28. The molecule has 1 aliphatic rings. The third-order valence-corrected chi connectivity index (χ3v) is 3.23. The van der Waals surface area contributed by atoms with Crippen LogP contribution < -0.4 is 0 Å². The number of halogens is 1. The molecule has 0 aromatic heterocycles. The van der Waals surface area contributed by atoms with Gasteiger partial charge in [-0.2, -0.15) is 0 Å². The standard InChI is InChI=1S/C9H18BrN/c1-8-6-11(5-3-4-10)7-9(8)2/h8-9H,3-7H2,1-2H3. The zero-order valence-corrected chi connectivity index (χ0v) is 9.10. The molecular weight excluding hydrogens is 202 g/mol. The van der Waals surface area contributed by atoms with Gasteiger partial charge in [-0.05, 0) is 24.8 Å². The molecule has 0 spiro atoms. The Morgan fingerprint density at radius 1 is 1.27 bits per heavy atom.